The lowest BCUT2D eigenvalue weighted by Gasteiger charge is -2.25. The highest BCUT2D eigenvalue weighted by Gasteiger charge is 2.50. The van der Waals surface area contributed by atoms with Gasteiger partial charge in [-0.25, -0.2) is 4.99 Å². The zero-order valence-electron chi connectivity index (χ0n) is 15.8. The Morgan fingerprint density at radius 1 is 1.07 bits per heavy atom. The smallest absolute Gasteiger partial charge is 0.267 e. The van der Waals surface area contributed by atoms with Gasteiger partial charge in [-0.1, -0.05) is 37.3 Å². The molecule has 0 spiro atoms. The summed E-state index contributed by atoms with van der Waals surface area (Å²) in [4.78, 5) is 28.3. The molecule has 28 heavy (non-hydrogen) atoms. The van der Waals surface area contributed by atoms with Crippen LogP contribution in [0, 0.1) is 0 Å². The number of benzene rings is 1. The predicted octanol–water partition coefficient (Wildman–Crippen LogP) is 2.74. The summed E-state index contributed by atoms with van der Waals surface area (Å²) in [5.41, 5.74) is 8.83. The van der Waals surface area contributed by atoms with Gasteiger partial charge in [0.05, 0.1) is 11.4 Å². The molecular formula is C22H21N5O. The van der Waals surface area contributed by atoms with Crippen molar-refractivity contribution in [2.24, 2.45) is 10.7 Å². The van der Waals surface area contributed by atoms with E-state index < -0.39 is 5.54 Å². The second-order valence-electron chi connectivity index (χ2n) is 6.75. The first-order valence-corrected chi connectivity index (χ1v) is 9.17. The quantitative estimate of drug-likeness (QED) is 0.764. The Bertz CT molecular complexity index is 1050. The molecule has 1 amide bonds. The number of amides is 1. The van der Waals surface area contributed by atoms with E-state index in [1.165, 1.54) is 4.90 Å². The van der Waals surface area contributed by atoms with Crippen molar-refractivity contribution < 1.29 is 4.79 Å². The van der Waals surface area contributed by atoms with Gasteiger partial charge in [-0.2, -0.15) is 0 Å². The summed E-state index contributed by atoms with van der Waals surface area (Å²) in [6.07, 6.45) is 4.40. The zero-order valence-corrected chi connectivity index (χ0v) is 15.8. The lowest BCUT2D eigenvalue weighted by atomic mass is 9.84. The Morgan fingerprint density at radius 3 is 2.54 bits per heavy atom. The molecule has 0 bridgehead atoms. The van der Waals surface area contributed by atoms with Gasteiger partial charge in [0.2, 0.25) is 5.54 Å². The van der Waals surface area contributed by atoms with Crippen molar-refractivity contribution in [3.05, 3.63) is 83.8 Å². The maximum Gasteiger partial charge on any atom is 0.267 e. The molecule has 0 saturated heterocycles. The van der Waals surface area contributed by atoms with Crippen LogP contribution in [0.5, 0.6) is 0 Å². The second kappa shape index (κ2) is 6.88. The van der Waals surface area contributed by atoms with Crippen molar-refractivity contribution in [3.63, 3.8) is 0 Å². The summed E-state index contributed by atoms with van der Waals surface area (Å²) < 4.78 is 0. The van der Waals surface area contributed by atoms with Crippen LogP contribution >= 0.6 is 0 Å². The second-order valence-corrected chi connectivity index (χ2v) is 6.75. The van der Waals surface area contributed by atoms with E-state index in [1.54, 1.807) is 19.4 Å². The minimum atomic E-state index is -1.30. The van der Waals surface area contributed by atoms with Crippen LogP contribution in [0.2, 0.25) is 0 Å². The number of carbonyl (C=O) groups is 1. The third-order valence-electron chi connectivity index (χ3n) is 5.08. The molecule has 6 heteroatoms. The summed E-state index contributed by atoms with van der Waals surface area (Å²) in [6.45, 7) is 2.06. The molecule has 0 saturated carbocycles. The van der Waals surface area contributed by atoms with Crippen LogP contribution in [0.1, 0.15) is 23.7 Å². The molecule has 6 nitrogen and oxygen atoms in total. The number of carbonyl (C=O) groups excluding carboxylic acids is 1. The van der Waals surface area contributed by atoms with Crippen molar-refractivity contribution in [2.75, 3.05) is 7.05 Å². The van der Waals surface area contributed by atoms with Gasteiger partial charge in [-0.05, 0) is 41.8 Å². The van der Waals surface area contributed by atoms with Gasteiger partial charge in [0.25, 0.3) is 5.91 Å². The molecule has 1 aromatic carbocycles. The average Bonchev–Trinajstić information content (AvgIpc) is 2.99. The van der Waals surface area contributed by atoms with E-state index in [9.17, 15) is 4.79 Å². The Hall–Kier alpha value is -3.54. The lowest BCUT2D eigenvalue weighted by Crippen LogP contribution is -2.41. The molecular weight excluding hydrogens is 350 g/mol. The molecule has 2 aromatic heterocycles. The van der Waals surface area contributed by atoms with Crippen LogP contribution in [0.3, 0.4) is 0 Å². The molecule has 0 fully saturated rings. The minimum Gasteiger partial charge on any atom is -0.369 e. The standard InChI is InChI=1S/C22H21N5O/c1-3-15-10-11-19(25-14-15)22(20(28)27(2)21(23)26-22)17-8-6-7-16(13-17)18-9-4-5-12-24-18/h4-14H,3H2,1-2H3,(H2,23,26). The minimum absolute atomic E-state index is 0.176. The Kier molecular flexibility index (Phi) is 4.39. The van der Waals surface area contributed by atoms with Gasteiger partial charge < -0.3 is 5.73 Å². The summed E-state index contributed by atoms with van der Waals surface area (Å²) in [7, 11) is 1.63. The highest BCUT2D eigenvalue weighted by atomic mass is 16.2. The molecule has 3 aromatic rings. The van der Waals surface area contributed by atoms with Crippen LogP contribution in [-0.4, -0.2) is 33.8 Å². The molecule has 0 radical (unpaired) electrons. The van der Waals surface area contributed by atoms with Gasteiger partial charge in [0.15, 0.2) is 5.96 Å². The third-order valence-corrected chi connectivity index (χ3v) is 5.08. The van der Waals surface area contributed by atoms with Crippen molar-refractivity contribution in [1.29, 1.82) is 0 Å². The van der Waals surface area contributed by atoms with E-state index in [-0.39, 0.29) is 11.9 Å². The third kappa shape index (κ3) is 2.74. The maximum atomic E-state index is 13.3. The molecule has 1 aliphatic rings. The number of hydrogen-bond donors (Lipinski definition) is 1. The maximum absolute atomic E-state index is 13.3. The molecule has 3 heterocycles. The first kappa shape index (κ1) is 17.9. The summed E-state index contributed by atoms with van der Waals surface area (Å²) >= 11 is 0. The largest absolute Gasteiger partial charge is 0.369 e. The lowest BCUT2D eigenvalue weighted by molar-refractivity contribution is -0.129. The summed E-state index contributed by atoms with van der Waals surface area (Å²) in [6, 6.07) is 17.3. The number of likely N-dealkylation sites (N-methyl/N-ethyl adjacent to an activating group) is 1. The first-order valence-electron chi connectivity index (χ1n) is 9.17. The van der Waals surface area contributed by atoms with Crippen LogP contribution < -0.4 is 5.73 Å². The van der Waals surface area contributed by atoms with E-state index in [1.807, 2.05) is 54.6 Å². The topological polar surface area (TPSA) is 84.5 Å². The SMILES string of the molecule is CCc1ccc(C2(c3cccc(-c4ccccn4)c3)N=C(N)N(C)C2=O)nc1. The zero-order chi connectivity index (χ0) is 19.7. The van der Waals surface area contributed by atoms with Gasteiger partial charge in [0, 0.05) is 25.0 Å². The van der Waals surface area contributed by atoms with E-state index in [2.05, 4.69) is 21.9 Å². The summed E-state index contributed by atoms with van der Waals surface area (Å²) in [5.74, 6) is -0.0467. The van der Waals surface area contributed by atoms with Crippen LogP contribution in [0.15, 0.2) is 72.0 Å². The van der Waals surface area contributed by atoms with E-state index in [0.29, 0.717) is 11.3 Å². The molecule has 4 rings (SSSR count). The fraction of sp³-hybridized carbons (Fsp3) is 0.182. The van der Waals surface area contributed by atoms with Crippen molar-refractivity contribution in [3.8, 4) is 11.3 Å². The van der Waals surface area contributed by atoms with E-state index >= 15 is 0 Å². The number of nitrogens with zero attached hydrogens (tertiary/aromatic N) is 4. The molecule has 1 atom stereocenters. The van der Waals surface area contributed by atoms with Gasteiger partial charge in [-0.15, -0.1) is 0 Å². The number of rotatable bonds is 4. The highest BCUT2D eigenvalue weighted by Crippen LogP contribution is 2.39. The highest BCUT2D eigenvalue weighted by molar-refractivity contribution is 6.08. The first-order chi connectivity index (χ1) is 13.6. The number of guanidine groups is 1. The number of hydrogen-bond acceptors (Lipinski definition) is 5. The Morgan fingerprint density at radius 2 is 1.93 bits per heavy atom. The number of aryl methyl sites for hydroxylation is 1. The van der Waals surface area contributed by atoms with Crippen LogP contribution in [0.4, 0.5) is 0 Å². The molecule has 1 unspecified atom stereocenters. The molecule has 2 N–H and O–H groups in total. The van der Waals surface area contributed by atoms with Crippen molar-refractivity contribution in [2.45, 2.75) is 18.9 Å². The predicted molar refractivity (Wildman–Crippen MR) is 108 cm³/mol. The Balaban J connectivity index is 1.91. The number of aliphatic imine (C=N–C) groups is 1. The van der Waals surface area contributed by atoms with Crippen LogP contribution in [-0.2, 0) is 16.8 Å². The monoisotopic (exact) mass is 371 g/mol. The van der Waals surface area contributed by atoms with E-state index in [0.717, 1.165) is 23.2 Å². The van der Waals surface area contributed by atoms with Crippen molar-refractivity contribution in [1.82, 2.24) is 14.9 Å². The fourth-order valence-corrected chi connectivity index (χ4v) is 3.43. The van der Waals surface area contributed by atoms with Gasteiger partial charge in [0.1, 0.15) is 0 Å². The van der Waals surface area contributed by atoms with E-state index in [4.69, 9.17) is 5.73 Å². The Labute approximate surface area is 163 Å². The number of pyridine rings is 2. The van der Waals surface area contributed by atoms with Crippen molar-refractivity contribution >= 4 is 11.9 Å². The van der Waals surface area contributed by atoms with Gasteiger partial charge >= 0.3 is 0 Å². The molecule has 0 aliphatic carbocycles. The fourth-order valence-electron chi connectivity index (χ4n) is 3.43. The van der Waals surface area contributed by atoms with Gasteiger partial charge in [-0.3, -0.25) is 19.7 Å². The molecule has 140 valence electrons. The normalized spacial score (nSPS) is 19.0. The number of nitrogens with two attached hydrogens (primary N) is 1. The van der Waals surface area contributed by atoms with Crippen LogP contribution in [0.25, 0.3) is 11.3 Å². The average molecular weight is 371 g/mol. The molecule has 1 aliphatic heterocycles. The summed E-state index contributed by atoms with van der Waals surface area (Å²) in [5, 5.41) is 0. The number of aromatic nitrogens is 2.